The summed E-state index contributed by atoms with van der Waals surface area (Å²) in [4.78, 5) is 11.3. The van der Waals surface area contributed by atoms with Gasteiger partial charge in [-0.1, -0.05) is 19.8 Å². The molecule has 0 saturated heterocycles. The van der Waals surface area contributed by atoms with Gasteiger partial charge in [-0.25, -0.2) is 0 Å². The molecule has 0 fully saturated rings. The molecule has 0 spiro atoms. The smallest absolute Gasteiger partial charge is 0.185 e. The highest BCUT2D eigenvalue weighted by Gasteiger charge is 1.82. The number of guanidine groups is 1. The van der Waals surface area contributed by atoms with E-state index >= 15 is 0 Å². The van der Waals surface area contributed by atoms with Crippen LogP contribution in [-0.2, 0) is 0 Å². The maximum Gasteiger partial charge on any atom is 0.185 e. The summed E-state index contributed by atoms with van der Waals surface area (Å²) in [6.07, 6.45) is 10.1. The van der Waals surface area contributed by atoms with Gasteiger partial charge in [-0.2, -0.15) is 0 Å². The standard InChI is InChI=1S/C6H15N3.C4H4N2/c1-2-3-4-5-9-6(7)8;1-2-6-4-3-5-1/h2-5H2,1H3,(H4,7,8,9);1-4H. The third-order valence-corrected chi connectivity index (χ3v) is 1.53. The summed E-state index contributed by atoms with van der Waals surface area (Å²) >= 11 is 0. The molecule has 0 aliphatic heterocycles. The van der Waals surface area contributed by atoms with Crippen LogP contribution in [0.2, 0.25) is 0 Å². The first-order valence-corrected chi connectivity index (χ1v) is 5.02. The van der Waals surface area contributed by atoms with Crippen molar-refractivity contribution in [1.29, 1.82) is 0 Å². The van der Waals surface area contributed by atoms with Gasteiger partial charge in [-0.3, -0.25) is 15.0 Å². The van der Waals surface area contributed by atoms with Crippen LogP contribution < -0.4 is 11.5 Å². The van der Waals surface area contributed by atoms with Gasteiger partial charge in [0.2, 0.25) is 0 Å². The van der Waals surface area contributed by atoms with Gasteiger partial charge in [-0.15, -0.1) is 0 Å². The molecule has 0 aromatic carbocycles. The predicted octanol–water partition coefficient (Wildman–Crippen LogP) is 0.927. The van der Waals surface area contributed by atoms with Crippen molar-refractivity contribution in [3.05, 3.63) is 24.8 Å². The van der Waals surface area contributed by atoms with E-state index in [2.05, 4.69) is 21.9 Å². The second kappa shape index (κ2) is 10.4. The van der Waals surface area contributed by atoms with E-state index in [0.29, 0.717) is 0 Å². The monoisotopic (exact) mass is 209 g/mol. The van der Waals surface area contributed by atoms with Crippen LogP contribution in [0.4, 0.5) is 0 Å². The minimum absolute atomic E-state index is 0.200. The Labute approximate surface area is 90.6 Å². The maximum atomic E-state index is 5.10. The van der Waals surface area contributed by atoms with Crippen molar-refractivity contribution in [2.45, 2.75) is 26.2 Å². The van der Waals surface area contributed by atoms with Gasteiger partial charge >= 0.3 is 0 Å². The van der Waals surface area contributed by atoms with Crippen molar-refractivity contribution in [2.24, 2.45) is 16.5 Å². The molecule has 0 aliphatic carbocycles. The maximum absolute atomic E-state index is 5.10. The Morgan fingerprint density at radius 3 is 1.93 bits per heavy atom. The molecule has 0 unspecified atom stereocenters. The normalized spacial score (nSPS) is 8.60. The Hall–Kier alpha value is -1.65. The Kier molecular flexibility index (Phi) is 9.28. The molecule has 0 saturated carbocycles. The van der Waals surface area contributed by atoms with Crippen molar-refractivity contribution in [1.82, 2.24) is 9.97 Å². The lowest BCUT2D eigenvalue weighted by atomic mass is 10.2. The molecule has 1 aromatic heterocycles. The van der Waals surface area contributed by atoms with Crippen LogP contribution in [0.25, 0.3) is 0 Å². The quantitative estimate of drug-likeness (QED) is 0.438. The zero-order valence-electron chi connectivity index (χ0n) is 9.13. The first-order chi connectivity index (χ1) is 7.27. The highest BCUT2D eigenvalue weighted by Crippen LogP contribution is 1.92. The number of unbranched alkanes of at least 4 members (excludes halogenated alkanes) is 2. The number of aromatic nitrogens is 2. The number of hydrogen-bond donors (Lipinski definition) is 2. The van der Waals surface area contributed by atoms with E-state index in [1.54, 1.807) is 24.8 Å². The van der Waals surface area contributed by atoms with E-state index < -0.39 is 0 Å². The summed E-state index contributed by atoms with van der Waals surface area (Å²) in [6.45, 7) is 2.92. The minimum atomic E-state index is 0.200. The first-order valence-electron chi connectivity index (χ1n) is 5.02. The molecule has 15 heavy (non-hydrogen) atoms. The molecule has 0 aliphatic rings. The summed E-state index contributed by atoms with van der Waals surface area (Å²) in [5.74, 6) is 0.200. The van der Waals surface area contributed by atoms with Crippen LogP contribution >= 0.6 is 0 Å². The molecule has 1 rings (SSSR count). The Morgan fingerprint density at radius 2 is 1.60 bits per heavy atom. The average molecular weight is 209 g/mol. The van der Waals surface area contributed by atoms with Crippen LogP contribution in [-0.4, -0.2) is 22.5 Å². The van der Waals surface area contributed by atoms with Crippen molar-refractivity contribution >= 4 is 5.96 Å². The molecule has 1 heterocycles. The Morgan fingerprint density at radius 1 is 1.07 bits per heavy atom. The van der Waals surface area contributed by atoms with E-state index in [1.807, 2.05) is 0 Å². The molecular weight excluding hydrogens is 190 g/mol. The third-order valence-electron chi connectivity index (χ3n) is 1.53. The van der Waals surface area contributed by atoms with Gasteiger partial charge in [0.1, 0.15) is 0 Å². The lowest BCUT2D eigenvalue weighted by Crippen LogP contribution is -2.22. The molecular formula is C10H19N5. The number of nitrogens with zero attached hydrogens (tertiary/aromatic N) is 3. The van der Waals surface area contributed by atoms with Crippen LogP contribution in [0.5, 0.6) is 0 Å². The molecule has 1 aromatic rings. The fourth-order valence-corrected chi connectivity index (χ4v) is 0.823. The fourth-order valence-electron chi connectivity index (χ4n) is 0.823. The van der Waals surface area contributed by atoms with E-state index in [1.165, 1.54) is 12.8 Å². The van der Waals surface area contributed by atoms with Crippen LogP contribution in [0.1, 0.15) is 26.2 Å². The lowest BCUT2D eigenvalue weighted by molar-refractivity contribution is 0.727. The molecule has 0 amide bonds. The van der Waals surface area contributed by atoms with Crippen molar-refractivity contribution in [2.75, 3.05) is 6.54 Å². The Bertz CT molecular complexity index is 217. The van der Waals surface area contributed by atoms with Crippen LogP contribution in [0, 0.1) is 0 Å². The SMILES string of the molecule is CCCCCN=C(N)N.c1cnccn1. The zero-order chi connectivity index (χ0) is 11.4. The van der Waals surface area contributed by atoms with E-state index in [0.717, 1.165) is 13.0 Å². The van der Waals surface area contributed by atoms with Crippen LogP contribution in [0.15, 0.2) is 29.8 Å². The molecule has 0 bridgehead atoms. The second-order valence-corrected chi connectivity index (χ2v) is 2.91. The Balaban J connectivity index is 0.000000280. The van der Waals surface area contributed by atoms with E-state index in [4.69, 9.17) is 11.5 Å². The van der Waals surface area contributed by atoms with E-state index in [9.17, 15) is 0 Å². The van der Waals surface area contributed by atoms with Crippen molar-refractivity contribution in [3.63, 3.8) is 0 Å². The molecule has 5 nitrogen and oxygen atoms in total. The highest BCUT2D eigenvalue weighted by molar-refractivity contribution is 5.75. The average Bonchev–Trinajstić information content (AvgIpc) is 2.28. The van der Waals surface area contributed by atoms with Gasteiger partial charge in [0.05, 0.1) is 0 Å². The second-order valence-electron chi connectivity index (χ2n) is 2.91. The number of hydrogen-bond acceptors (Lipinski definition) is 3. The molecule has 0 atom stereocenters. The largest absolute Gasteiger partial charge is 0.370 e. The van der Waals surface area contributed by atoms with Gasteiger partial charge in [0.25, 0.3) is 0 Å². The summed E-state index contributed by atoms with van der Waals surface area (Å²) in [7, 11) is 0. The number of rotatable bonds is 4. The number of nitrogens with two attached hydrogens (primary N) is 2. The number of aliphatic imine (C=N–C) groups is 1. The zero-order valence-corrected chi connectivity index (χ0v) is 9.13. The van der Waals surface area contributed by atoms with Crippen molar-refractivity contribution in [3.8, 4) is 0 Å². The molecule has 0 radical (unpaired) electrons. The van der Waals surface area contributed by atoms with Gasteiger partial charge in [0, 0.05) is 31.3 Å². The van der Waals surface area contributed by atoms with Gasteiger partial charge < -0.3 is 11.5 Å². The summed E-state index contributed by atoms with van der Waals surface area (Å²) in [5, 5.41) is 0. The topological polar surface area (TPSA) is 90.2 Å². The molecule has 5 heteroatoms. The summed E-state index contributed by atoms with van der Waals surface area (Å²) < 4.78 is 0. The summed E-state index contributed by atoms with van der Waals surface area (Å²) in [5.41, 5.74) is 10.2. The van der Waals surface area contributed by atoms with Crippen molar-refractivity contribution < 1.29 is 0 Å². The highest BCUT2D eigenvalue weighted by atomic mass is 15.0. The lowest BCUT2D eigenvalue weighted by Gasteiger charge is -1.92. The van der Waals surface area contributed by atoms with Gasteiger partial charge in [0.15, 0.2) is 5.96 Å². The fraction of sp³-hybridized carbons (Fsp3) is 0.500. The van der Waals surface area contributed by atoms with E-state index in [-0.39, 0.29) is 5.96 Å². The van der Waals surface area contributed by atoms with Crippen LogP contribution in [0.3, 0.4) is 0 Å². The molecule has 84 valence electrons. The predicted molar refractivity (Wildman–Crippen MR) is 62.2 cm³/mol. The molecule has 4 N–H and O–H groups in total. The van der Waals surface area contributed by atoms with Gasteiger partial charge in [-0.05, 0) is 6.42 Å². The summed E-state index contributed by atoms with van der Waals surface area (Å²) in [6, 6.07) is 0. The first kappa shape index (κ1) is 13.4. The minimum Gasteiger partial charge on any atom is -0.370 e. The third kappa shape index (κ3) is 12.4.